The highest BCUT2D eigenvalue weighted by atomic mass is 35.5. The van der Waals surface area contributed by atoms with E-state index < -0.39 is 4.92 Å². The molecule has 0 aromatic heterocycles. The first-order valence-electron chi connectivity index (χ1n) is 6.61. The van der Waals surface area contributed by atoms with E-state index in [9.17, 15) is 14.9 Å². The van der Waals surface area contributed by atoms with Gasteiger partial charge >= 0.3 is 0 Å². The van der Waals surface area contributed by atoms with Gasteiger partial charge in [-0.05, 0) is 24.3 Å². The second kappa shape index (κ2) is 5.79. The van der Waals surface area contributed by atoms with Crippen molar-refractivity contribution in [2.24, 2.45) is 11.8 Å². The highest BCUT2D eigenvalue weighted by Gasteiger charge is 2.28. The van der Waals surface area contributed by atoms with E-state index in [0.29, 0.717) is 24.9 Å². The van der Waals surface area contributed by atoms with Gasteiger partial charge in [0, 0.05) is 25.2 Å². The third kappa shape index (κ3) is 3.10. The lowest BCUT2D eigenvalue weighted by molar-refractivity contribution is -0.384. The zero-order valence-corrected chi connectivity index (χ0v) is 12.3. The standard InChI is InChI=1S/C14H17ClN2O3/c1-9-5-10(2)8-16(7-9)14(18)12-6-11(17(19)20)3-4-13(12)15/h3-4,6,9-10H,5,7-8H2,1-2H3. The van der Waals surface area contributed by atoms with E-state index in [-0.39, 0.29) is 22.2 Å². The van der Waals surface area contributed by atoms with Crippen molar-refractivity contribution in [3.05, 3.63) is 38.9 Å². The second-order valence-corrected chi connectivity index (χ2v) is 5.98. The van der Waals surface area contributed by atoms with Gasteiger partial charge in [0.1, 0.15) is 0 Å². The van der Waals surface area contributed by atoms with Crippen LogP contribution in [0.1, 0.15) is 30.6 Å². The molecule has 1 aliphatic heterocycles. The maximum absolute atomic E-state index is 12.5. The second-order valence-electron chi connectivity index (χ2n) is 5.58. The van der Waals surface area contributed by atoms with Crippen molar-refractivity contribution in [1.82, 2.24) is 4.90 Å². The fourth-order valence-electron chi connectivity index (χ4n) is 2.79. The monoisotopic (exact) mass is 296 g/mol. The SMILES string of the molecule is CC1CC(C)CN(C(=O)c2cc([N+](=O)[O-])ccc2Cl)C1. The predicted octanol–water partition coefficient (Wildman–Crippen LogP) is 3.37. The maximum atomic E-state index is 12.5. The topological polar surface area (TPSA) is 63.5 Å². The minimum atomic E-state index is -0.519. The Labute approximate surface area is 122 Å². The summed E-state index contributed by atoms with van der Waals surface area (Å²) in [7, 11) is 0. The molecule has 2 atom stereocenters. The van der Waals surface area contributed by atoms with Gasteiger partial charge in [0.15, 0.2) is 0 Å². The molecule has 0 aliphatic carbocycles. The summed E-state index contributed by atoms with van der Waals surface area (Å²) in [5.74, 6) is 0.637. The van der Waals surface area contributed by atoms with Crippen LogP contribution in [0, 0.1) is 22.0 Å². The zero-order chi connectivity index (χ0) is 14.9. The van der Waals surface area contributed by atoms with Crippen LogP contribution >= 0.6 is 11.6 Å². The molecule has 2 rings (SSSR count). The molecule has 108 valence electrons. The highest BCUT2D eigenvalue weighted by molar-refractivity contribution is 6.33. The number of carbonyl (C=O) groups is 1. The molecule has 0 N–H and O–H groups in total. The number of hydrogen-bond donors (Lipinski definition) is 0. The van der Waals surface area contributed by atoms with E-state index in [1.54, 1.807) is 4.90 Å². The molecular formula is C14H17ClN2O3. The third-order valence-electron chi connectivity index (χ3n) is 3.55. The summed E-state index contributed by atoms with van der Waals surface area (Å²) >= 11 is 6.02. The lowest BCUT2D eigenvalue weighted by Crippen LogP contribution is -2.42. The Kier molecular flexibility index (Phi) is 4.28. The van der Waals surface area contributed by atoms with Gasteiger partial charge in [0.05, 0.1) is 15.5 Å². The molecule has 1 aliphatic rings. The van der Waals surface area contributed by atoms with Gasteiger partial charge in [0.25, 0.3) is 11.6 Å². The number of hydrogen-bond acceptors (Lipinski definition) is 3. The molecular weight excluding hydrogens is 280 g/mol. The van der Waals surface area contributed by atoms with E-state index in [0.717, 1.165) is 6.42 Å². The fraction of sp³-hybridized carbons (Fsp3) is 0.500. The Morgan fingerprint density at radius 1 is 1.35 bits per heavy atom. The van der Waals surface area contributed by atoms with Crippen molar-refractivity contribution < 1.29 is 9.72 Å². The summed E-state index contributed by atoms with van der Waals surface area (Å²) in [6.45, 7) is 5.54. The quantitative estimate of drug-likeness (QED) is 0.621. The summed E-state index contributed by atoms with van der Waals surface area (Å²) in [6.07, 6.45) is 1.09. The molecule has 1 saturated heterocycles. The van der Waals surface area contributed by atoms with Crippen molar-refractivity contribution in [3.63, 3.8) is 0 Å². The Morgan fingerprint density at radius 3 is 2.50 bits per heavy atom. The molecule has 1 heterocycles. The van der Waals surface area contributed by atoms with E-state index in [1.807, 2.05) is 0 Å². The lowest BCUT2D eigenvalue weighted by atomic mass is 9.91. The number of rotatable bonds is 2. The van der Waals surface area contributed by atoms with Crippen molar-refractivity contribution >= 4 is 23.2 Å². The smallest absolute Gasteiger partial charge is 0.270 e. The predicted molar refractivity (Wildman–Crippen MR) is 77.0 cm³/mol. The number of benzene rings is 1. The van der Waals surface area contributed by atoms with Gasteiger partial charge in [0.2, 0.25) is 0 Å². The first kappa shape index (κ1) is 14.8. The molecule has 0 bridgehead atoms. The molecule has 0 saturated carbocycles. The molecule has 1 aromatic carbocycles. The number of amides is 1. The maximum Gasteiger partial charge on any atom is 0.270 e. The summed E-state index contributed by atoms with van der Waals surface area (Å²) in [6, 6.07) is 3.97. The van der Waals surface area contributed by atoms with E-state index in [1.165, 1.54) is 18.2 Å². The van der Waals surface area contributed by atoms with Crippen LogP contribution in [0.15, 0.2) is 18.2 Å². The van der Waals surface area contributed by atoms with Crippen LogP contribution in [0.4, 0.5) is 5.69 Å². The van der Waals surface area contributed by atoms with Crippen molar-refractivity contribution in [1.29, 1.82) is 0 Å². The summed E-state index contributed by atoms with van der Waals surface area (Å²) in [4.78, 5) is 24.5. The molecule has 0 spiro atoms. The fourth-order valence-corrected chi connectivity index (χ4v) is 2.99. The number of halogens is 1. The average Bonchev–Trinajstić information content (AvgIpc) is 2.37. The van der Waals surface area contributed by atoms with Crippen LogP contribution in [0.5, 0.6) is 0 Å². The Hall–Kier alpha value is -1.62. The average molecular weight is 297 g/mol. The summed E-state index contributed by atoms with van der Waals surface area (Å²) in [5, 5.41) is 11.1. The van der Waals surface area contributed by atoms with Crippen LogP contribution in [-0.2, 0) is 0 Å². The molecule has 1 fully saturated rings. The molecule has 0 radical (unpaired) electrons. The van der Waals surface area contributed by atoms with Crippen molar-refractivity contribution in [2.75, 3.05) is 13.1 Å². The number of nitro benzene ring substituents is 1. The van der Waals surface area contributed by atoms with E-state index in [4.69, 9.17) is 11.6 Å². The first-order valence-corrected chi connectivity index (χ1v) is 6.99. The van der Waals surface area contributed by atoms with Gasteiger partial charge in [-0.2, -0.15) is 0 Å². The summed E-state index contributed by atoms with van der Waals surface area (Å²) in [5.41, 5.74) is 0.0954. The molecule has 2 unspecified atom stereocenters. The van der Waals surface area contributed by atoms with Crippen LogP contribution in [0.25, 0.3) is 0 Å². The number of carbonyl (C=O) groups excluding carboxylic acids is 1. The molecule has 6 heteroatoms. The van der Waals surface area contributed by atoms with Gasteiger partial charge in [-0.25, -0.2) is 0 Å². The van der Waals surface area contributed by atoms with Crippen LogP contribution < -0.4 is 0 Å². The van der Waals surface area contributed by atoms with Gasteiger partial charge in [-0.3, -0.25) is 14.9 Å². The van der Waals surface area contributed by atoms with Crippen molar-refractivity contribution in [2.45, 2.75) is 20.3 Å². The number of piperidine rings is 1. The minimum Gasteiger partial charge on any atom is -0.338 e. The van der Waals surface area contributed by atoms with E-state index in [2.05, 4.69) is 13.8 Å². The van der Waals surface area contributed by atoms with Crippen LogP contribution in [-0.4, -0.2) is 28.8 Å². The number of likely N-dealkylation sites (tertiary alicyclic amines) is 1. The number of nitro groups is 1. The number of non-ortho nitro benzene ring substituents is 1. The molecule has 5 nitrogen and oxygen atoms in total. The Balaban J connectivity index is 2.28. The van der Waals surface area contributed by atoms with Crippen LogP contribution in [0.3, 0.4) is 0 Å². The minimum absolute atomic E-state index is 0.115. The molecule has 1 aromatic rings. The Morgan fingerprint density at radius 2 is 1.95 bits per heavy atom. The normalized spacial score (nSPS) is 22.6. The van der Waals surface area contributed by atoms with Crippen LogP contribution in [0.2, 0.25) is 5.02 Å². The summed E-state index contributed by atoms with van der Waals surface area (Å²) < 4.78 is 0. The van der Waals surface area contributed by atoms with Gasteiger partial charge in [-0.1, -0.05) is 25.4 Å². The van der Waals surface area contributed by atoms with Gasteiger partial charge in [-0.15, -0.1) is 0 Å². The molecule has 1 amide bonds. The lowest BCUT2D eigenvalue weighted by Gasteiger charge is -2.35. The largest absolute Gasteiger partial charge is 0.338 e. The van der Waals surface area contributed by atoms with E-state index >= 15 is 0 Å². The first-order chi connectivity index (χ1) is 9.38. The van der Waals surface area contributed by atoms with Crippen molar-refractivity contribution in [3.8, 4) is 0 Å². The zero-order valence-electron chi connectivity index (χ0n) is 11.5. The Bertz CT molecular complexity index is 537. The molecule has 20 heavy (non-hydrogen) atoms. The van der Waals surface area contributed by atoms with Gasteiger partial charge < -0.3 is 4.90 Å². The third-order valence-corrected chi connectivity index (χ3v) is 3.88. The number of nitrogens with zero attached hydrogens (tertiary/aromatic N) is 2. The highest BCUT2D eigenvalue weighted by Crippen LogP contribution is 2.27.